The van der Waals surface area contributed by atoms with Crippen LogP contribution in [-0.2, 0) is 4.74 Å². The van der Waals surface area contributed by atoms with E-state index < -0.39 is 0 Å². The van der Waals surface area contributed by atoms with E-state index in [4.69, 9.17) is 4.74 Å². The van der Waals surface area contributed by atoms with Crippen molar-refractivity contribution in [1.29, 1.82) is 0 Å². The highest BCUT2D eigenvalue weighted by Gasteiger charge is 2.07. The van der Waals surface area contributed by atoms with Crippen LogP contribution < -0.4 is 5.32 Å². The molecule has 0 fully saturated rings. The van der Waals surface area contributed by atoms with E-state index in [2.05, 4.69) is 26.1 Å². The standard InChI is InChI=1S/C16H27NO2/c1-4-16(14-7-9-15(18)10-8-14)17-11-5-6-12-19-13(2)3/h7-10,13,16-18H,4-6,11-12H2,1-3H3. The van der Waals surface area contributed by atoms with Gasteiger partial charge in [0, 0.05) is 12.6 Å². The Labute approximate surface area is 117 Å². The van der Waals surface area contributed by atoms with Crippen LogP contribution in [0.5, 0.6) is 5.75 Å². The Hall–Kier alpha value is -1.06. The molecule has 0 heterocycles. The van der Waals surface area contributed by atoms with E-state index in [9.17, 15) is 5.11 Å². The van der Waals surface area contributed by atoms with Gasteiger partial charge in [0.15, 0.2) is 0 Å². The predicted molar refractivity (Wildman–Crippen MR) is 79.5 cm³/mol. The Morgan fingerprint density at radius 3 is 2.42 bits per heavy atom. The maximum atomic E-state index is 9.29. The Balaban J connectivity index is 2.24. The first-order valence-electron chi connectivity index (χ1n) is 7.27. The topological polar surface area (TPSA) is 41.5 Å². The van der Waals surface area contributed by atoms with Crippen molar-refractivity contribution in [2.24, 2.45) is 0 Å². The van der Waals surface area contributed by atoms with Crippen molar-refractivity contribution >= 4 is 0 Å². The summed E-state index contributed by atoms with van der Waals surface area (Å²) >= 11 is 0. The van der Waals surface area contributed by atoms with Crippen molar-refractivity contribution in [2.75, 3.05) is 13.2 Å². The Kier molecular flexibility index (Phi) is 7.53. The summed E-state index contributed by atoms with van der Waals surface area (Å²) in [6.07, 6.45) is 3.60. The third kappa shape index (κ3) is 6.60. The first-order valence-corrected chi connectivity index (χ1v) is 7.27. The second-order valence-electron chi connectivity index (χ2n) is 5.13. The minimum absolute atomic E-state index is 0.324. The van der Waals surface area contributed by atoms with Crippen LogP contribution in [-0.4, -0.2) is 24.4 Å². The van der Waals surface area contributed by atoms with Gasteiger partial charge in [0.2, 0.25) is 0 Å². The van der Waals surface area contributed by atoms with Gasteiger partial charge in [-0.15, -0.1) is 0 Å². The quantitative estimate of drug-likeness (QED) is 0.670. The van der Waals surface area contributed by atoms with E-state index in [1.54, 1.807) is 12.1 Å². The summed E-state index contributed by atoms with van der Waals surface area (Å²) in [6.45, 7) is 8.15. The number of unbranched alkanes of at least 4 members (excludes halogenated alkanes) is 1. The predicted octanol–water partition coefficient (Wildman–Crippen LogP) is 3.64. The number of benzene rings is 1. The number of nitrogens with one attached hydrogen (secondary N) is 1. The summed E-state index contributed by atoms with van der Waals surface area (Å²) in [6, 6.07) is 7.83. The Bertz CT molecular complexity index is 335. The van der Waals surface area contributed by atoms with Crippen LogP contribution in [0.1, 0.15) is 51.6 Å². The minimum atomic E-state index is 0.324. The van der Waals surface area contributed by atoms with Crippen molar-refractivity contribution in [2.45, 2.75) is 52.2 Å². The second kappa shape index (κ2) is 8.94. The monoisotopic (exact) mass is 265 g/mol. The van der Waals surface area contributed by atoms with Gasteiger partial charge in [-0.2, -0.15) is 0 Å². The maximum absolute atomic E-state index is 9.29. The molecule has 1 aromatic rings. The zero-order valence-corrected chi connectivity index (χ0v) is 12.4. The number of rotatable bonds is 9. The van der Waals surface area contributed by atoms with Crippen molar-refractivity contribution in [3.8, 4) is 5.75 Å². The lowest BCUT2D eigenvalue weighted by Crippen LogP contribution is -2.22. The largest absolute Gasteiger partial charge is 0.508 e. The summed E-state index contributed by atoms with van der Waals surface area (Å²) in [5.74, 6) is 0.324. The van der Waals surface area contributed by atoms with Crippen LogP contribution in [0.15, 0.2) is 24.3 Å². The Morgan fingerprint density at radius 1 is 1.16 bits per heavy atom. The van der Waals surface area contributed by atoms with Crippen molar-refractivity contribution in [3.63, 3.8) is 0 Å². The van der Waals surface area contributed by atoms with Gasteiger partial charge in [-0.3, -0.25) is 0 Å². The molecule has 1 rings (SSSR count). The van der Waals surface area contributed by atoms with Gasteiger partial charge in [-0.05, 0) is 57.4 Å². The van der Waals surface area contributed by atoms with Crippen LogP contribution in [0.2, 0.25) is 0 Å². The van der Waals surface area contributed by atoms with Crippen LogP contribution in [0, 0.1) is 0 Å². The highest BCUT2D eigenvalue weighted by Crippen LogP contribution is 2.19. The smallest absolute Gasteiger partial charge is 0.115 e. The molecule has 1 aromatic carbocycles. The Morgan fingerprint density at radius 2 is 1.84 bits per heavy atom. The number of phenolic OH excluding ortho intramolecular Hbond substituents is 1. The number of hydrogen-bond donors (Lipinski definition) is 2. The molecule has 0 saturated heterocycles. The summed E-state index contributed by atoms with van der Waals surface area (Å²) in [5, 5.41) is 12.9. The van der Waals surface area contributed by atoms with E-state index in [1.165, 1.54) is 5.56 Å². The van der Waals surface area contributed by atoms with E-state index >= 15 is 0 Å². The molecule has 0 amide bonds. The van der Waals surface area contributed by atoms with Crippen molar-refractivity contribution in [1.82, 2.24) is 5.32 Å². The summed E-state index contributed by atoms with van der Waals surface area (Å²) in [4.78, 5) is 0. The molecule has 0 aliphatic carbocycles. The highest BCUT2D eigenvalue weighted by atomic mass is 16.5. The molecule has 0 radical (unpaired) electrons. The zero-order chi connectivity index (χ0) is 14.1. The zero-order valence-electron chi connectivity index (χ0n) is 12.4. The molecule has 1 atom stereocenters. The molecule has 3 heteroatoms. The lowest BCUT2D eigenvalue weighted by atomic mass is 10.0. The van der Waals surface area contributed by atoms with E-state index in [0.29, 0.717) is 17.9 Å². The van der Waals surface area contributed by atoms with Gasteiger partial charge in [-0.25, -0.2) is 0 Å². The van der Waals surface area contributed by atoms with Crippen LogP contribution in [0.3, 0.4) is 0 Å². The molecule has 0 spiro atoms. The highest BCUT2D eigenvalue weighted by molar-refractivity contribution is 5.27. The molecule has 0 aliphatic rings. The number of ether oxygens (including phenoxy) is 1. The minimum Gasteiger partial charge on any atom is -0.508 e. The molecule has 0 aromatic heterocycles. The third-order valence-electron chi connectivity index (χ3n) is 3.12. The van der Waals surface area contributed by atoms with Gasteiger partial charge in [0.25, 0.3) is 0 Å². The van der Waals surface area contributed by atoms with Crippen molar-refractivity contribution in [3.05, 3.63) is 29.8 Å². The fourth-order valence-corrected chi connectivity index (χ4v) is 2.03. The molecular formula is C16H27NO2. The lowest BCUT2D eigenvalue weighted by Gasteiger charge is -2.17. The van der Waals surface area contributed by atoms with Gasteiger partial charge in [0.1, 0.15) is 5.75 Å². The van der Waals surface area contributed by atoms with E-state index in [0.717, 1.165) is 32.4 Å². The summed E-state index contributed by atoms with van der Waals surface area (Å²) in [7, 11) is 0. The normalized spacial score (nSPS) is 12.8. The fraction of sp³-hybridized carbons (Fsp3) is 0.625. The lowest BCUT2D eigenvalue weighted by molar-refractivity contribution is 0.0759. The second-order valence-corrected chi connectivity index (χ2v) is 5.13. The average molecular weight is 265 g/mol. The maximum Gasteiger partial charge on any atom is 0.115 e. The van der Waals surface area contributed by atoms with Crippen LogP contribution >= 0.6 is 0 Å². The number of aromatic hydroxyl groups is 1. The number of hydrogen-bond acceptors (Lipinski definition) is 3. The summed E-state index contributed by atoms with van der Waals surface area (Å²) in [5.41, 5.74) is 1.23. The van der Waals surface area contributed by atoms with Crippen LogP contribution in [0.4, 0.5) is 0 Å². The van der Waals surface area contributed by atoms with Gasteiger partial charge in [0.05, 0.1) is 6.10 Å². The fourth-order valence-electron chi connectivity index (χ4n) is 2.03. The molecule has 108 valence electrons. The molecule has 19 heavy (non-hydrogen) atoms. The molecule has 0 saturated carbocycles. The molecule has 2 N–H and O–H groups in total. The molecule has 1 unspecified atom stereocenters. The van der Waals surface area contributed by atoms with Crippen LogP contribution in [0.25, 0.3) is 0 Å². The van der Waals surface area contributed by atoms with Gasteiger partial charge >= 0.3 is 0 Å². The van der Waals surface area contributed by atoms with E-state index in [1.807, 2.05) is 12.1 Å². The molecule has 3 nitrogen and oxygen atoms in total. The van der Waals surface area contributed by atoms with Gasteiger partial charge < -0.3 is 15.2 Å². The van der Waals surface area contributed by atoms with Crippen molar-refractivity contribution < 1.29 is 9.84 Å². The molecule has 0 aliphatic heterocycles. The average Bonchev–Trinajstić information content (AvgIpc) is 2.39. The summed E-state index contributed by atoms with van der Waals surface area (Å²) < 4.78 is 5.52. The first-order chi connectivity index (χ1) is 9.13. The SMILES string of the molecule is CCC(NCCCCOC(C)C)c1ccc(O)cc1. The van der Waals surface area contributed by atoms with E-state index in [-0.39, 0.29) is 0 Å². The first kappa shape index (κ1) is 16.0. The van der Waals surface area contributed by atoms with Gasteiger partial charge in [-0.1, -0.05) is 19.1 Å². The molecular weight excluding hydrogens is 238 g/mol. The third-order valence-corrected chi connectivity index (χ3v) is 3.12. The molecule has 0 bridgehead atoms. The number of phenols is 1.